The lowest BCUT2D eigenvalue weighted by Crippen LogP contribution is -2.45. The maximum absolute atomic E-state index is 12.8. The molecule has 3 heteroatoms. The van der Waals surface area contributed by atoms with E-state index < -0.39 is 5.60 Å². The number of hydrogen-bond donors (Lipinski definition) is 0. The highest BCUT2D eigenvalue weighted by Crippen LogP contribution is 2.36. The van der Waals surface area contributed by atoms with Crippen LogP contribution in [0.1, 0.15) is 57.7 Å². The van der Waals surface area contributed by atoms with Gasteiger partial charge in [0, 0.05) is 18.5 Å². The standard InChI is InChI=1S/C18H27NO2/c1-4-15-6-7-16(19-13-15)12-17(20)18(21-5-2)10-8-14(3)9-11-18/h6-7,13-14H,4-5,8-12H2,1-3H3. The molecule has 0 unspecified atom stereocenters. The predicted octanol–water partition coefficient (Wildman–Crippen LogP) is 3.74. The first-order valence-electron chi connectivity index (χ1n) is 8.20. The van der Waals surface area contributed by atoms with Gasteiger partial charge < -0.3 is 4.74 Å². The summed E-state index contributed by atoms with van der Waals surface area (Å²) in [6.45, 7) is 6.93. The Balaban J connectivity index is 2.07. The van der Waals surface area contributed by atoms with Crippen LogP contribution in [0.5, 0.6) is 0 Å². The molecule has 0 aliphatic heterocycles. The van der Waals surface area contributed by atoms with Crippen LogP contribution in [0.2, 0.25) is 0 Å². The van der Waals surface area contributed by atoms with E-state index in [2.05, 4.69) is 24.9 Å². The molecule has 1 saturated carbocycles. The third kappa shape index (κ3) is 3.91. The minimum absolute atomic E-state index is 0.202. The van der Waals surface area contributed by atoms with E-state index in [-0.39, 0.29) is 5.78 Å². The predicted molar refractivity (Wildman–Crippen MR) is 84.3 cm³/mol. The first-order chi connectivity index (χ1) is 10.1. The summed E-state index contributed by atoms with van der Waals surface area (Å²) < 4.78 is 5.92. The van der Waals surface area contributed by atoms with Gasteiger partial charge in [0.05, 0.1) is 6.42 Å². The van der Waals surface area contributed by atoms with Gasteiger partial charge in [-0.15, -0.1) is 0 Å². The number of rotatable bonds is 6. The van der Waals surface area contributed by atoms with E-state index >= 15 is 0 Å². The van der Waals surface area contributed by atoms with Crippen LogP contribution >= 0.6 is 0 Å². The SMILES string of the molecule is CCOC1(C(=O)Cc2ccc(CC)cn2)CCC(C)CC1. The van der Waals surface area contributed by atoms with Gasteiger partial charge in [-0.25, -0.2) is 0 Å². The van der Waals surface area contributed by atoms with Crippen LogP contribution < -0.4 is 0 Å². The summed E-state index contributed by atoms with van der Waals surface area (Å²) in [5.41, 5.74) is 1.50. The molecule has 116 valence electrons. The second kappa shape index (κ2) is 7.17. The summed E-state index contributed by atoms with van der Waals surface area (Å²) in [4.78, 5) is 17.2. The second-order valence-corrected chi connectivity index (χ2v) is 6.22. The molecule has 3 nitrogen and oxygen atoms in total. The third-order valence-corrected chi connectivity index (χ3v) is 4.65. The number of pyridine rings is 1. The van der Waals surface area contributed by atoms with Crippen LogP contribution in [0, 0.1) is 5.92 Å². The number of Topliss-reactive ketones (excluding diaryl/α,β-unsaturated/α-hetero) is 1. The first kappa shape index (κ1) is 16.2. The molecule has 0 N–H and O–H groups in total. The van der Waals surface area contributed by atoms with E-state index in [9.17, 15) is 4.79 Å². The lowest BCUT2D eigenvalue weighted by Gasteiger charge is -2.37. The number of nitrogens with zero attached hydrogens (tertiary/aromatic N) is 1. The molecule has 0 radical (unpaired) electrons. The molecular formula is C18H27NO2. The van der Waals surface area contributed by atoms with Crippen molar-refractivity contribution in [3.05, 3.63) is 29.6 Å². The van der Waals surface area contributed by atoms with E-state index in [0.717, 1.165) is 37.8 Å². The van der Waals surface area contributed by atoms with Crippen molar-refractivity contribution in [2.45, 2.75) is 64.9 Å². The molecule has 2 rings (SSSR count). The van der Waals surface area contributed by atoms with E-state index in [1.165, 1.54) is 5.56 Å². The number of ether oxygens (including phenoxy) is 1. The minimum atomic E-state index is -0.563. The Morgan fingerprint density at radius 2 is 2.05 bits per heavy atom. The Hall–Kier alpha value is -1.22. The molecule has 21 heavy (non-hydrogen) atoms. The molecule has 1 fully saturated rings. The molecular weight excluding hydrogens is 262 g/mol. The normalized spacial score (nSPS) is 25.8. The monoisotopic (exact) mass is 289 g/mol. The van der Waals surface area contributed by atoms with Crippen molar-refractivity contribution < 1.29 is 9.53 Å². The maximum atomic E-state index is 12.8. The van der Waals surface area contributed by atoms with Gasteiger partial charge in [0.2, 0.25) is 0 Å². The molecule has 0 atom stereocenters. The van der Waals surface area contributed by atoms with Crippen molar-refractivity contribution in [2.24, 2.45) is 5.92 Å². The number of aryl methyl sites for hydroxylation is 1. The lowest BCUT2D eigenvalue weighted by molar-refractivity contribution is -0.149. The molecule has 0 saturated heterocycles. The Morgan fingerprint density at radius 3 is 2.57 bits per heavy atom. The fraction of sp³-hybridized carbons (Fsp3) is 0.667. The molecule has 1 aliphatic carbocycles. The van der Waals surface area contributed by atoms with Gasteiger partial charge in [0.1, 0.15) is 5.60 Å². The lowest BCUT2D eigenvalue weighted by atomic mass is 9.76. The number of aromatic nitrogens is 1. The number of carbonyl (C=O) groups is 1. The minimum Gasteiger partial charge on any atom is -0.367 e. The highest BCUT2D eigenvalue weighted by atomic mass is 16.5. The van der Waals surface area contributed by atoms with Crippen LogP contribution in [-0.4, -0.2) is 23.0 Å². The van der Waals surface area contributed by atoms with Gasteiger partial charge in [-0.1, -0.05) is 19.9 Å². The van der Waals surface area contributed by atoms with E-state index in [1.54, 1.807) is 0 Å². The van der Waals surface area contributed by atoms with Crippen LogP contribution in [0.15, 0.2) is 18.3 Å². The average molecular weight is 289 g/mol. The maximum Gasteiger partial charge on any atom is 0.170 e. The van der Waals surface area contributed by atoms with Crippen molar-refractivity contribution in [3.63, 3.8) is 0 Å². The molecule has 1 aromatic rings. The highest BCUT2D eigenvalue weighted by Gasteiger charge is 2.41. The van der Waals surface area contributed by atoms with Gasteiger partial charge in [0.25, 0.3) is 0 Å². The summed E-state index contributed by atoms with van der Waals surface area (Å²) in [6, 6.07) is 4.04. The zero-order chi connectivity index (χ0) is 15.3. The molecule has 0 bridgehead atoms. The number of ketones is 1. The Labute approximate surface area is 128 Å². The molecule has 1 aliphatic rings. The van der Waals surface area contributed by atoms with Crippen molar-refractivity contribution >= 4 is 5.78 Å². The molecule has 1 heterocycles. The smallest absolute Gasteiger partial charge is 0.170 e. The summed E-state index contributed by atoms with van der Waals surface area (Å²) in [6.07, 6.45) is 7.10. The van der Waals surface area contributed by atoms with E-state index in [1.807, 2.05) is 19.2 Å². The highest BCUT2D eigenvalue weighted by molar-refractivity contribution is 5.89. The molecule has 0 amide bonds. The molecule has 0 aromatic carbocycles. The Kier molecular flexibility index (Phi) is 5.51. The van der Waals surface area contributed by atoms with Crippen molar-refractivity contribution in [1.29, 1.82) is 0 Å². The second-order valence-electron chi connectivity index (χ2n) is 6.22. The van der Waals surface area contributed by atoms with Gasteiger partial charge in [-0.05, 0) is 56.6 Å². The van der Waals surface area contributed by atoms with Crippen LogP contribution in [0.25, 0.3) is 0 Å². The first-order valence-corrected chi connectivity index (χ1v) is 8.20. The van der Waals surface area contributed by atoms with Crippen molar-refractivity contribution in [2.75, 3.05) is 6.61 Å². The van der Waals surface area contributed by atoms with Crippen LogP contribution in [0.4, 0.5) is 0 Å². The summed E-state index contributed by atoms with van der Waals surface area (Å²) in [5.74, 6) is 0.904. The van der Waals surface area contributed by atoms with Crippen molar-refractivity contribution in [1.82, 2.24) is 4.98 Å². The van der Waals surface area contributed by atoms with E-state index in [4.69, 9.17) is 4.74 Å². The van der Waals surface area contributed by atoms with Gasteiger partial charge in [-0.3, -0.25) is 9.78 Å². The average Bonchev–Trinajstić information content (AvgIpc) is 2.51. The topological polar surface area (TPSA) is 39.2 Å². The fourth-order valence-electron chi connectivity index (χ4n) is 3.10. The van der Waals surface area contributed by atoms with Crippen molar-refractivity contribution in [3.8, 4) is 0 Å². The summed E-state index contributed by atoms with van der Waals surface area (Å²) in [7, 11) is 0. The molecule has 0 spiro atoms. The zero-order valence-electron chi connectivity index (χ0n) is 13.5. The van der Waals surface area contributed by atoms with Gasteiger partial charge >= 0.3 is 0 Å². The van der Waals surface area contributed by atoms with Crippen LogP contribution in [0.3, 0.4) is 0 Å². The van der Waals surface area contributed by atoms with E-state index in [0.29, 0.717) is 18.9 Å². The number of carbonyl (C=O) groups excluding carboxylic acids is 1. The quantitative estimate of drug-likeness (QED) is 0.801. The summed E-state index contributed by atoms with van der Waals surface area (Å²) >= 11 is 0. The zero-order valence-corrected chi connectivity index (χ0v) is 13.5. The third-order valence-electron chi connectivity index (χ3n) is 4.65. The Morgan fingerprint density at radius 1 is 1.33 bits per heavy atom. The molecule has 1 aromatic heterocycles. The van der Waals surface area contributed by atoms with Gasteiger partial charge in [-0.2, -0.15) is 0 Å². The fourth-order valence-corrected chi connectivity index (χ4v) is 3.10. The van der Waals surface area contributed by atoms with Gasteiger partial charge in [0.15, 0.2) is 5.78 Å². The Bertz CT molecular complexity index is 459. The largest absolute Gasteiger partial charge is 0.367 e. The van der Waals surface area contributed by atoms with Crippen LogP contribution in [-0.2, 0) is 22.4 Å². The summed E-state index contributed by atoms with van der Waals surface area (Å²) in [5, 5.41) is 0. The number of hydrogen-bond acceptors (Lipinski definition) is 3.